The first-order valence-electron chi connectivity index (χ1n) is 5.56. The number of hydrogen-bond donors (Lipinski definition) is 1. The van der Waals surface area contributed by atoms with Gasteiger partial charge >= 0.3 is 0 Å². The molecule has 2 aliphatic rings. The van der Waals surface area contributed by atoms with E-state index in [0.717, 1.165) is 12.5 Å². The molecule has 76 valence electrons. The SMILES string of the molecule is Cn1ccc(C2(C3CC3)CCCN2)n1. The van der Waals surface area contributed by atoms with Crippen LogP contribution in [-0.2, 0) is 12.6 Å². The van der Waals surface area contributed by atoms with Gasteiger partial charge in [0.05, 0.1) is 11.2 Å². The van der Waals surface area contributed by atoms with Crippen molar-refractivity contribution in [3.05, 3.63) is 18.0 Å². The molecule has 1 unspecified atom stereocenters. The van der Waals surface area contributed by atoms with Gasteiger partial charge in [0.25, 0.3) is 0 Å². The van der Waals surface area contributed by atoms with Gasteiger partial charge in [-0.2, -0.15) is 5.10 Å². The van der Waals surface area contributed by atoms with E-state index in [1.54, 1.807) is 0 Å². The van der Waals surface area contributed by atoms with E-state index in [0.29, 0.717) is 0 Å². The third-order valence-electron chi connectivity index (χ3n) is 3.63. The van der Waals surface area contributed by atoms with Crippen molar-refractivity contribution in [2.45, 2.75) is 31.2 Å². The molecule has 14 heavy (non-hydrogen) atoms. The normalized spacial score (nSPS) is 32.4. The minimum atomic E-state index is 0.237. The molecule has 0 bridgehead atoms. The fourth-order valence-electron chi connectivity index (χ4n) is 2.77. The first-order chi connectivity index (χ1) is 6.81. The molecule has 0 radical (unpaired) electrons. The molecule has 1 N–H and O–H groups in total. The van der Waals surface area contributed by atoms with Gasteiger partial charge in [-0.1, -0.05) is 0 Å². The van der Waals surface area contributed by atoms with Crippen LogP contribution in [0.4, 0.5) is 0 Å². The zero-order chi connectivity index (χ0) is 9.60. The molecule has 1 aromatic heterocycles. The van der Waals surface area contributed by atoms with Crippen molar-refractivity contribution in [3.8, 4) is 0 Å². The highest BCUT2D eigenvalue weighted by molar-refractivity contribution is 5.20. The first kappa shape index (κ1) is 8.48. The minimum absolute atomic E-state index is 0.237. The Labute approximate surface area is 84.5 Å². The molecule has 0 amide bonds. The molecule has 2 fully saturated rings. The van der Waals surface area contributed by atoms with Gasteiger partial charge < -0.3 is 5.32 Å². The lowest BCUT2D eigenvalue weighted by Crippen LogP contribution is -2.39. The van der Waals surface area contributed by atoms with Crippen LogP contribution >= 0.6 is 0 Å². The molecule has 1 aromatic rings. The molecule has 1 aliphatic heterocycles. The highest BCUT2D eigenvalue weighted by atomic mass is 15.3. The lowest BCUT2D eigenvalue weighted by Gasteiger charge is -2.27. The maximum atomic E-state index is 4.58. The molecule has 3 nitrogen and oxygen atoms in total. The molecule has 2 heterocycles. The van der Waals surface area contributed by atoms with Crippen molar-refractivity contribution in [3.63, 3.8) is 0 Å². The lowest BCUT2D eigenvalue weighted by molar-refractivity contribution is 0.323. The number of nitrogens with one attached hydrogen (secondary N) is 1. The van der Waals surface area contributed by atoms with E-state index < -0.39 is 0 Å². The zero-order valence-corrected chi connectivity index (χ0v) is 8.66. The number of hydrogen-bond acceptors (Lipinski definition) is 2. The average molecular weight is 191 g/mol. The summed E-state index contributed by atoms with van der Waals surface area (Å²) in [4.78, 5) is 0. The lowest BCUT2D eigenvalue weighted by atomic mass is 9.88. The summed E-state index contributed by atoms with van der Waals surface area (Å²) in [5.41, 5.74) is 1.50. The van der Waals surface area contributed by atoms with Crippen molar-refractivity contribution in [2.24, 2.45) is 13.0 Å². The Kier molecular flexibility index (Phi) is 1.71. The Balaban J connectivity index is 1.98. The van der Waals surface area contributed by atoms with Gasteiger partial charge in [-0.25, -0.2) is 0 Å². The summed E-state index contributed by atoms with van der Waals surface area (Å²) in [5.74, 6) is 0.847. The number of rotatable bonds is 2. The Hall–Kier alpha value is -0.830. The van der Waals surface area contributed by atoms with Crippen molar-refractivity contribution < 1.29 is 0 Å². The topological polar surface area (TPSA) is 29.9 Å². The molecule has 1 saturated heterocycles. The van der Waals surface area contributed by atoms with Crippen LogP contribution in [0.5, 0.6) is 0 Å². The summed E-state index contributed by atoms with van der Waals surface area (Å²) < 4.78 is 1.92. The summed E-state index contributed by atoms with van der Waals surface area (Å²) >= 11 is 0. The molecule has 1 saturated carbocycles. The van der Waals surface area contributed by atoms with Crippen LogP contribution in [0.2, 0.25) is 0 Å². The third kappa shape index (κ3) is 1.12. The first-order valence-corrected chi connectivity index (χ1v) is 5.56. The maximum absolute atomic E-state index is 4.58. The van der Waals surface area contributed by atoms with Gasteiger partial charge in [0, 0.05) is 13.2 Å². The Morgan fingerprint density at radius 3 is 2.93 bits per heavy atom. The zero-order valence-electron chi connectivity index (χ0n) is 8.66. The molecular formula is C11H17N3. The van der Waals surface area contributed by atoms with Crippen LogP contribution in [-0.4, -0.2) is 16.3 Å². The van der Waals surface area contributed by atoms with Gasteiger partial charge in [0.1, 0.15) is 0 Å². The summed E-state index contributed by atoms with van der Waals surface area (Å²) in [7, 11) is 2.00. The van der Waals surface area contributed by atoms with Gasteiger partial charge in [0.2, 0.25) is 0 Å². The van der Waals surface area contributed by atoms with E-state index in [2.05, 4.69) is 22.7 Å². The fourth-order valence-corrected chi connectivity index (χ4v) is 2.77. The maximum Gasteiger partial charge on any atom is 0.0828 e. The molecule has 1 aliphatic carbocycles. The monoisotopic (exact) mass is 191 g/mol. The van der Waals surface area contributed by atoms with Crippen molar-refractivity contribution in [2.75, 3.05) is 6.54 Å². The van der Waals surface area contributed by atoms with E-state index >= 15 is 0 Å². The highest BCUT2D eigenvalue weighted by Crippen LogP contribution is 2.49. The van der Waals surface area contributed by atoms with E-state index in [1.165, 1.54) is 31.4 Å². The van der Waals surface area contributed by atoms with Gasteiger partial charge in [-0.05, 0) is 44.2 Å². The van der Waals surface area contributed by atoms with Crippen LogP contribution in [0, 0.1) is 5.92 Å². The van der Waals surface area contributed by atoms with Crippen LogP contribution < -0.4 is 5.32 Å². The van der Waals surface area contributed by atoms with Crippen LogP contribution in [0.15, 0.2) is 12.3 Å². The largest absolute Gasteiger partial charge is 0.306 e. The van der Waals surface area contributed by atoms with Crippen LogP contribution in [0.25, 0.3) is 0 Å². The molecule has 0 spiro atoms. The van der Waals surface area contributed by atoms with E-state index in [4.69, 9.17) is 0 Å². The Morgan fingerprint density at radius 2 is 2.43 bits per heavy atom. The van der Waals surface area contributed by atoms with E-state index in [9.17, 15) is 0 Å². The molecule has 3 rings (SSSR count). The van der Waals surface area contributed by atoms with Crippen molar-refractivity contribution >= 4 is 0 Å². The molecule has 1 atom stereocenters. The summed E-state index contributed by atoms with van der Waals surface area (Å²) in [5, 5.41) is 8.27. The minimum Gasteiger partial charge on any atom is -0.306 e. The quantitative estimate of drug-likeness (QED) is 0.766. The summed E-state index contributed by atoms with van der Waals surface area (Å²) in [6.45, 7) is 1.16. The third-order valence-corrected chi connectivity index (χ3v) is 3.63. The summed E-state index contributed by atoms with van der Waals surface area (Å²) in [6, 6.07) is 2.18. The highest BCUT2D eigenvalue weighted by Gasteiger charge is 2.49. The second-order valence-corrected chi connectivity index (χ2v) is 4.65. The molecule has 3 heteroatoms. The Bertz CT molecular complexity index is 332. The number of nitrogens with zero attached hydrogens (tertiary/aromatic N) is 2. The predicted molar refractivity (Wildman–Crippen MR) is 54.8 cm³/mol. The second kappa shape index (κ2) is 2.83. The van der Waals surface area contributed by atoms with Gasteiger partial charge in [-0.15, -0.1) is 0 Å². The number of aryl methyl sites for hydroxylation is 1. The standard InChI is InChI=1S/C11H17N3/c1-14-8-5-10(13-14)11(9-3-4-9)6-2-7-12-11/h5,8-9,12H,2-4,6-7H2,1H3. The van der Waals surface area contributed by atoms with Crippen LogP contribution in [0.3, 0.4) is 0 Å². The Morgan fingerprint density at radius 1 is 1.57 bits per heavy atom. The second-order valence-electron chi connectivity index (χ2n) is 4.65. The van der Waals surface area contributed by atoms with E-state index in [-0.39, 0.29) is 5.54 Å². The van der Waals surface area contributed by atoms with E-state index in [1.807, 2.05) is 11.7 Å². The fraction of sp³-hybridized carbons (Fsp3) is 0.727. The van der Waals surface area contributed by atoms with Crippen LogP contribution in [0.1, 0.15) is 31.4 Å². The number of aromatic nitrogens is 2. The van der Waals surface area contributed by atoms with Gasteiger partial charge in [0.15, 0.2) is 0 Å². The van der Waals surface area contributed by atoms with Gasteiger partial charge in [-0.3, -0.25) is 4.68 Å². The predicted octanol–water partition coefficient (Wildman–Crippen LogP) is 1.41. The van der Waals surface area contributed by atoms with Crippen molar-refractivity contribution in [1.29, 1.82) is 0 Å². The molecular weight excluding hydrogens is 174 g/mol. The average Bonchev–Trinajstić information content (AvgIpc) is 2.77. The van der Waals surface area contributed by atoms with Crippen molar-refractivity contribution in [1.82, 2.24) is 15.1 Å². The summed E-state index contributed by atoms with van der Waals surface area (Å²) in [6.07, 6.45) is 7.38. The molecule has 0 aromatic carbocycles. The smallest absolute Gasteiger partial charge is 0.0828 e.